The number of hydrogen-bond acceptors (Lipinski definition) is 4. The van der Waals surface area contributed by atoms with Crippen LogP contribution in [0.1, 0.15) is 30.5 Å². The van der Waals surface area contributed by atoms with Crippen LogP contribution in [0.3, 0.4) is 0 Å². The average molecular weight is 286 g/mol. The molecule has 0 aliphatic rings. The lowest BCUT2D eigenvalue weighted by atomic mass is 10.1. The Morgan fingerprint density at radius 1 is 1.21 bits per heavy atom. The Morgan fingerprint density at radius 3 is 2.16 bits per heavy atom. The molecule has 0 radical (unpaired) electrons. The molecule has 0 spiro atoms. The lowest BCUT2D eigenvalue weighted by molar-refractivity contribution is 0.281. The second-order valence-corrected chi connectivity index (χ2v) is 7.66. The second-order valence-electron chi connectivity index (χ2n) is 4.98. The minimum atomic E-state index is -3.07. The van der Waals surface area contributed by atoms with Crippen molar-refractivity contribution >= 4 is 9.84 Å². The standard InChI is InChI=1S/C14H22O4S/c1-10(2)19(16,17)6-5-18-14-11(3)7-13(9-15)8-12(14)4/h7-8,10,15H,5-6,9H2,1-4H3. The van der Waals surface area contributed by atoms with Gasteiger partial charge in [0.25, 0.3) is 0 Å². The summed E-state index contributed by atoms with van der Waals surface area (Å²) in [6, 6.07) is 3.69. The lowest BCUT2D eigenvalue weighted by Crippen LogP contribution is -2.22. The van der Waals surface area contributed by atoms with Crippen LogP contribution in [0.4, 0.5) is 0 Å². The highest BCUT2D eigenvalue weighted by Crippen LogP contribution is 2.25. The van der Waals surface area contributed by atoms with Crippen LogP contribution in [0.5, 0.6) is 5.75 Å². The van der Waals surface area contributed by atoms with Crippen LogP contribution >= 0.6 is 0 Å². The molecule has 0 aromatic heterocycles. The van der Waals surface area contributed by atoms with Crippen molar-refractivity contribution in [1.29, 1.82) is 0 Å². The first kappa shape index (κ1) is 16.0. The van der Waals surface area contributed by atoms with E-state index >= 15 is 0 Å². The molecular weight excluding hydrogens is 264 g/mol. The van der Waals surface area contributed by atoms with E-state index in [4.69, 9.17) is 9.84 Å². The third-order valence-electron chi connectivity index (χ3n) is 3.04. The van der Waals surface area contributed by atoms with Gasteiger partial charge in [0.05, 0.1) is 17.6 Å². The van der Waals surface area contributed by atoms with Crippen LogP contribution in [0.15, 0.2) is 12.1 Å². The largest absolute Gasteiger partial charge is 0.492 e. The smallest absolute Gasteiger partial charge is 0.155 e. The van der Waals surface area contributed by atoms with Gasteiger partial charge in [-0.05, 0) is 44.4 Å². The van der Waals surface area contributed by atoms with Gasteiger partial charge < -0.3 is 9.84 Å². The summed E-state index contributed by atoms with van der Waals surface area (Å²) < 4.78 is 28.9. The van der Waals surface area contributed by atoms with Crippen molar-refractivity contribution in [1.82, 2.24) is 0 Å². The first-order chi connectivity index (χ1) is 8.77. The SMILES string of the molecule is Cc1cc(CO)cc(C)c1OCCS(=O)(=O)C(C)C. The monoisotopic (exact) mass is 286 g/mol. The summed E-state index contributed by atoms with van der Waals surface area (Å²) >= 11 is 0. The molecule has 19 heavy (non-hydrogen) atoms. The Balaban J connectivity index is 2.74. The maximum absolute atomic E-state index is 11.7. The Hall–Kier alpha value is -1.07. The van der Waals surface area contributed by atoms with Gasteiger partial charge in [-0.25, -0.2) is 8.42 Å². The number of aliphatic hydroxyl groups excluding tert-OH is 1. The molecule has 0 atom stereocenters. The van der Waals surface area contributed by atoms with Crippen molar-refractivity contribution in [2.75, 3.05) is 12.4 Å². The van der Waals surface area contributed by atoms with Gasteiger partial charge in [-0.2, -0.15) is 0 Å². The van der Waals surface area contributed by atoms with E-state index in [1.165, 1.54) is 0 Å². The van der Waals surface area contributed by atoms with Crippen LogP contribution in [0.2, 0.25) is 0 Å². The number of sulfone groups is 1. The fourth-order valence-corrected chi connectivity index (χ4v) is 2.64. The molecule has 1 aromatic rings. The number of aryl methyl sites for hydroxylation is 2. The van der Waals surface area contributed by atoms with Gasteiger partial charge in [0, 0.05) is 0 Å². The van der Waals surface area contributed by atoms with Gasteiger partial charge in [-0.3, -0.25) is 0 Å². The molecule has 1 N–H and O–H groups in total. The maximum atomic E-state index is 11.7. The number of hydrogen-bond donors (Lipinski definition) is 1. The minimum absolute atomic E-state index is 0.0102. The molecule has 0 unspecified atom stereocenters. The van der Waals surface area contributed by atoms with Crippen molar-refractivity contribution in [3.05, 3.63) is 28.8 Å². The van der Waals surface area contributed by atoms with Crippen molar-refractivity contribution in [2.24, 2.45) is 0 Å². The number of benzene rings is 1. The average Bonchev–Trinajstić information content (AvgIpc) is 2.32. The molecule has 0 fully saturated rings. The molecule has 108 valence electrons. The third kappa shape index (κ3) is 4.21. The molecule has 0 saturated heterocycles. The predicted octanol–water partition coefficient (Wildman–Crippen LogP) is 2.00. The summed E-state index contributed by atoms with van der Waals surface area (Å²) in [6.45, 7) is 7.25. The first-order valence-electron chi connectivity index (χ1n) is 6.33. The van der Waals surface area contributed by atoms with Gasteiger partial charge in [0.1, 0.15) is 12.4 Å². The maximum Gasteiger partial charge on any atom is 0.155 e. The summed E-state index contributed by atoms with van der Waals surface area (Å²) in [5.74, 6) is 0.724. The quantitative estimate of drug-likeness (QED) is 0.868. The summed E-state index contributed by atoms with van der Waals surface area (Å²) in [4.78, 5) is 0. The second kappa shape index (κ2) is 6.39. The molecule has 0 saturated carbocycles. The summed E-state index contributed by atoms with van der Waals surface area (Å²) in [7, 11) is -3.07. The molecule has 0 aliphatic heterocycles. The van der Waals surface area contributed by atoms with E-state index in [2.05, 4.69) is 0 Å². The van der Waals surface area contributed by atoms with Crippen LogP contribution in [0.25, 0.3) is 0 Å². The Kier molecular flexibility index (Phi) is 5.38. The Labute approximate surface area is 115 Å². The number of rotatable bonds is 6. The highest BCUT2D eigenvalue weighted by Gasteiger charge is 2.16. The lowest BCUT2D eigenvalue weighted by Gasteiger charge is -2.14. The zero-order valence-corrected chi connectivity index (χ0v) is 12.8. The number of aliphatic hydroxyl groups is 1. The van der Waals surface area contributed by atoms with E-state index < -0.39 is 9.84 Å². The van der Waals surface area contributed by atoms with Gasteiger partial charge in [-0.1, -0.05) is 12.1 Å². The van der Waals surface area contributed by atoms with Crippen LogP contribution in [0, 0.1) is 13.8 Å². The summed E-state index contributed by atoms with van der Waals surface area (Å²) in [5.41, 5.74) is 2.65. The molecule has 0 aliphatic carbocycles. The van der Waals surface area contributed by atoms with Crippen molar-refractivity contribution in [2.45, 2.75) is 39.6 Å². The molecule has 0 bridgehead atoms. The summed E-state index contributed by atoms with van der Waals surface area (Å²) in [6.07, 6.45) is 0. The van der Waals surface area contributed by atoms with Crippen LogP contribution in [-0.2, 0) is 16.4 Å². The molecule has 4 nitrogen and oxygen atoms in total. The molecule has 0 heterocycles. The molecule has 5 heteroatoms. The fraction of sp³-hybridized carbons (Fsp3) is 0.571. The van der Waals surface area contributed by atoms with Gasteiger partial charge in [-0.15, -0.1) is 0 Å². The highest BCUT2D eigenvalue weighted by atomic mass is 32.2. The van der Waals surface area contributed by atoms with Crippen molar-refractivity contribution in [3.63, 3.8) is 0 Å². The predicted molar refractivity (Wildman–Crippen MR) is 76.3 cm³/mol. The van der Waals surface area contributed by atoms with E-state index in [1.807, 2.05) is 26.0 Å². The zero-order valence-electron chi connectivity index (χ0n) is 11.9. The van der Waals surface area contributed by atoms with E-state index in [1.54, 1.807) is 13.8 Å². The molecule has 1 rings (SSSR count). The van der Waals surface area contributed by atoms with Crippen molar-refractivity contribution in [3.8, 4) is 5.75 Å². The third-order valence-corrected chi connectivity index (χ3v) is 5.21. The Bertz CT molecular complexity index is 509. The van der Waals surface area contributed by atoms with Crippen LogP contribution < -0.4 is 4.74 Å². The van der Waals surface area contributed by atoms with Crippen LogP contribution in [-0.4, -0.2) is 31.1 Å². The zero-order chi connectivity index (χ0) is 14.6. The van der Waals surface area contributed by atoms with E-state index in [9.17, 15) is 8.42 Å². The molecular formula is C14H22O4S. The number of ether oxygens (including phenoxy) is 1. The fourth-order valence-electron chi connectivity index (χ4n) is 1.85. The van der Waals surface area contributed by atoms with Gasteiger partial charge in [0.15, 0.2) is 9.84 Å². The topological polar surface area (TPSA) is 63.6 Å². The van der Waals surface area contributed by atoms with E-state index in [0.717, 1.165) is 16.7 Å². The van der Waals surface area contributed by atoms with E-state index in [0.29, 0.717) is 5.75 Å². The van der Waals surface area contributed by atoms with Gasteiger partial charge >= 0.3 is 0 Å². The summed E-state index contributed by atoms with van der Waals surface area (Å²) in [5, 5.41) is 8.72. The van der Waals surface area contributed by atoms with E-state index in [-0.39, 0.29) is 24.2 Å². The van der Waals surface area contributed by atoms with Crippen molar-refractivity contribution < 1.29 is 18.3 Å². The molecule has 0 amide bonds. The molecule has 1 aromatic carbocycles. The normalized spacial score (nSPS) is 11.9. The minimum Gasteiger partial charge on any atom is -0.492 e. The highest BCUT2D eigenvalue weighted by molar-refractivity contribution is 7.91. The Morgan fingerprint density at radius 2 is 1.74 bits per heavy atom. The first-order valence-corrected chi connectivity index (χ1v) is 8.05. The van der Waals surface area contributed by atoms with Gasteiger partial charge in [0.2, 0.25) is 0 Å².